The Morgan fingerprint density at radius 1 is 0.981 bits per heavy atom. The molecule has 1 unspecified atom stereocenters. The van der Waals surface area contributed by atoms with Crippen molar-refractivity contribution in [2.45, 2.75) is 64.1 Å². The zero-order valence-corrected chi connectivity index (χ0v) is 32.1. The van der Waals surface area contributed by atoms with Gasteiger partial charge in [0.2, 0.25) is 23.2 Å². The number of piperidine rings is 1. The molecule has 2 amide bonds. The van der Waals surface area contributed by atoms with Crippen molar-refractivity contribution in [2.75, 3.05) is 72.6 Å². The van der Waals surface area contributed by atoms with Crippen molar-refractivity contribution in [3.05, 3.63) is 40.5 Å². The van der Waals surface area contributed by atoms with Gasteiger partial charge in [-0.15, -0.1) is 0 Å². The summed E-state index contributed by atoms with van der Waals surface area (Å²) in [5, 5.41) is 11.5. The molecule has 2 aliphatic heterocycles. The molecule has 0 bridgehead atoms. The minimum absolute atomic E-state index is 0.0551. The highest BCUT2D eigenvalue weighted by Gasteiger charge is 2.43. The smallest absolute Gasteiger partial charge is 0.266 e. The second-order valence-electron chi connectivity index (χ2n) is 13.9. The number of carbonyl (C=O) groups is 2. The number of anilines is 1. The number of halogens is 1. The molecule has 2 aromatic carbocycles. The monoisotopic (exact) mass is 740 g/mol. The van der Waals surface area contributed by atoms with Crippen LogP contribution < -0.4 is 39.6 Å². The Labute approximate surface area is 311 Å². The second kappa shape index (κ2) is 16.5. The van der Waals surface area contributed by atoms with Crippen LogP contribution in [0.15, 0.2) is 24.4 Å². The summed E-state index contributed by atoms with van der Waals surface area (Å²) in [4.78, 5) is 34.2. The standard InChI is InChI=1S/C38H53ClN6O7/c1-23(28-13-10-24(19-29(28)39)26(20-40)21-41)45(27-11-12-27)36(46)25-9-8-16-44(22-25)30-31(48-4)33(50-6)34(51-7)35(32(30)49-5)52-38(2,3)37(47)43-17-14-42-15-18-43/h10,13,19-21,23,25,27,40,42H,8-9,11-12,14-18,22,41H2,1-7H3/b26-21+,40-20?/t23?,25-/m1/s1. The maximum atomic E-state index is 14.6. The van der Waals surface area contributed by atoms with Crippen LogP contribution in [-0.2, 0) is 9.59 Å². The summed E-state index contributed by atoms with van der Waals surface area (Å²) >= 11 is 6.81. The summed E-state index contributed by atoms with van der Waals surface area (Å²) < 4.78 is 30.4. The van der Waals surface area contributed by atoms with Crippen LogP contribution in [0.3, 0.4) is 0 Å². The highest BCUT2D eigenvalue weighted by atomic mass is 35.5. The molecule has 13 nitrogen and oxygen atoms in total. The van der Waals surface area contributed by atoms with E-state index in [1.165, 1.54) is 33.7 Å². The number of nitrogens with two attached hydrogens (primary N) is 1. The fraction of sp³-hybridized carbons (Fsp3) is 0.553. The number of hydrogen-bond donors (Lipinski definition) is 3. The van der Waals surface area contributed by atoms with Gasteiger partial charge in [-0.3, -0.25) is 9.59 Å². The van der Waals surface area contributed by atoms with Crippen LogP contribution in [0, 0.1) is 11.3 Å². The molecule has 4 N–H and O–H groups in total. The number of nitrogens with zero attached hydrogens (tertiary/aromatic N) is 3. The van der Waals surface area contributed by atoms with E-state index < -0.39 is 5.60 Å². The SMILES string of the molecule is COc1c(OC)c(OC)c(N2CCC[C@@H](C(=O)N(C3CC3)C(C)c3ccc(/C(C=N)=C/N)cc3Cl)C2)c(OC)c1OC(C)(C)C(=O)N1CCNCC1. The number of nitrogens with one attached hydrogen (secondary N) is 2. The second-order valence-corrected chi connectivity index (χ2v) is 14.3. The van der Waals surface area contributed by atoms with Crippen LogP contribution in [0.25, 0.3) is 5.57 Å². The molecule has 2 atom stereocenters. The average Bonchev–Trinajstić information content (AvgIpc) is 3.99. The molecule has 0 radical (unpaired) electrons. The zero-order valence-electron chi connectivity index (χ0n) is 31.3. The topological polar surface area (TPSA) is 152 Å². The average molecular weight is 741 g/mol. The third-order valence-corrected chi connectivity index (χ3v) is 10.5. The van der Waals surface area contributed by atoms with E-state index >= 15 is 0 Å². The normalized spacial score (nSPS) is 18.7. The van der Waals surface area contributed by atoms with Gasteiger partial charge in [-0.1, -0.05) is 23.7 Å². The molecular weight excluding hydrogens is 688 g/mol. The number of carbonyl (C=O) groups excluding carboxylic acids is 2. The predicted molar refractivity (Wildman–Crippen MR) is 202 cm³/mol. The van der Waals surface area contributed by atoms with Gasteiger partial charge in [-0.25, -0.2) is 0 Å². The Kier molecular flexibility index (Phi) is 12.4. The highest BCUT2D eigenvalue weighted by Crippen LogP contribution is 2.59. The largest absolute Gasteiger partial charge is 0.491 e. The maximum absolute atomic E-state index is 14.6. The number of ether oxygens (including phenoxy) is 5. The maximum Gasteiger partial charge on any atom is 0.266 e. The number of benzene rings is 2. The van der Waals surface area contributed by atoms with E-state index in [0.717, 1.165) is 30.4 Å². The highest BCUT2D eigenvalue weighted by molar-refractivity contribution is 6.31. The lowest BCUT2D eigenvalue weighted by molar-refractivity contribution is -0.146. The van der Waals surface area contributed by atoms with E-state index in [1.807, 2.05) is 24.0 Å². The van der Waals surface area contributed by atoms with Crippen molar-refractivity contribution in [1.82, 2.24) is 15.1 Å². The quantitative estimate of drug-likeness (QED) is 0.229. The number of methoxy groups -OCH3 is 4. The third-order valence-electron chi connectivity index (χ3n) is 10.2. The van der Waals surface area contributed by atoms with Crippen molar-refractivity contribution < 1.29 is 33.3 Å². The van der Waals surface area contributed by atoms with Gasteiger partial charge in [0.25, 0.3) is 5.91 Å². The molecule has 1 aliphatic carbocycles. The number of piperazine rings is 1. The first-order valence-electron chi connectivity index (χ1n) is 17.8. The van der Waals surface area contributed by atoms with Crippen molar-refractivity contribution in [1.29, 1.82) is 5.41 Å². The van der Waals surface area contributed by atoms with Gasteiger partial charge in [0.1, 0.15) is 5.69 Å². The van der Waals surface area contributed by atoms with Gasteiger partial charge in [-0.05, 0) is 63.6 Å². The van der Waals surface area contributed by atoms with Crippen molar-refractivity contribution in [2.24, 2.45) is 11.7 Å². The van der Waals surface area contributed by atoms with E-state index in [1.54, 1.807) is 31.9 Å². The molecule has 52 heavy (non-hydrogen) atoms. The molecular formula is C38H53ClN6O7. The lowest BCUT2D eigenvalue weighted by Gasteiger charge is -2.40. The lowest BCUT2D eigenvalue weighted by atomic mass is 9.93. The Morgan fingerprint density at radius 3 is 2.15 bits per heavy atom. The van der Waals surface area contributed by atoms with Crippen LogP contribution in [0.1, 0.15) is 63.6 Å². The molecule has 284 valence electrons. The van der Waals surface area contributed by atoms with Crippen LogP contribution in [0.5, 0.6) is 28.7 Å². The Balaban J connectivity index is 1.49. The summed E-state index contributed by atoms with van der Waals surface area (Å²) in [6.07, 6.45) is 5.86. The Morgan fingerprint density at radius 2 is 1.60 bits per heavy atom. The number of allylic oxidation sites excluding steroid dienone is 1. The molecule has 1 saturated carbocycles. The van der Waals surface area contributed by atoms with Gasteiger partial charge in [-0.2, -0.15) is 0 Å². The first-order chi connectivity index (χ1) is 25.0. The summed E-state index contributed by atoms with van der Waals surface area (Å²) in [5.74, 6) is 0.983. The Bertz CT molecular complexity index is 1670. The Hall–Kier alpha value is -4.36. The van der Waals surface area contributed by atoms with E-state index in [-0.39, 0.29) is 47.1 Å². The summed E-state index contributed by atoms with van der Waals surface area (Å²) in [5.41, 5.74) is 7.12. The number of hydrogen-bond acceptors (Lipinski definition) is 11. The minimum atomic E-state index is -1.28. The first kappa shape index (κ1) is 38.9. The van der Waals surface area contributed by atoms with Gasteiger partial charge < -0.3 is 54.8 Å². The van der Waals surface area contributed by atoms with Crippen molar-refractivity contribution in [3.8, 4) is 28.7 Å². The van der Waals surface area contributed by atoms with E-state index in [4.69, 9.17) is 46.4 Å². The van der Waals surface area contributed by atoms with Crippen LogP contribution in [0.2, 0.25) is 5.02 Å². The lowest BCUT2D eigenvalue weighted by Crippen LogP contribution is -2.54. The molecule has 2 heterocycles. The fourth-order valence-electron chi connectivity index (χ4n) is 7.36. The van der Waals surface area contributed by atoms with Crippen molar-refractivity contribution >= 4 is 40.9 Å². The molecule has 2 aromatic rings. The van der Waals surface area contributed by atoms with Crippen LogP contribution in [-0.4, -0.2) is 107 Å². The summed E-state index contributed by atoms with van der Waals surface area (Å²) in [6, 6.07) is 5.44. The molecule has 0 spiro atoms. The van der Waals surface area contributed by atoms with Gasteiger partial charge in [0, 0.05) is 68.3 Å². The number of amides is 2. The number of rotatable bonds is 14. The van der Waals surface area contributed by atoms with Gasteiger partial charge >= 0.3 is 0 Å². The minimum Gasteiger partial charge on any atom is -0.491 e. The molecule has 3 aliphatic rings. The molecule has 14 heteroatoms. The van der Waals surface area contributed by atoms with Crippen LogP contribution in [0.4, 0.5) is 5.69 Å². The third kappa shape index (κ3) is 7.71. The predicted octanol–water partition coefficient (Wildman–Crippen LogP) is 4.88. The molecule has 0 aromatic heterocycles. The zero-order chi connectivity index (χ0) is 37.7. The summed E-state index contributed by atoms with van der Waals surface area (Å²) in [6.45, 7) is 9.05. The van der Waals surface area contributed by atoms with Gasteiger partial charge in [0.15, 0.2) is 17.1 Å². The van der Waals surface area contributed by atoms with Gasteiger partial charge in [0.05, 0.1) is 40.4 Å². The molecule has 3 fully saturated rings. The first-order valence-corrected chi connectivity index (χ1v) is 18.2. The van der Waals surface area contributed by atoms with Crippen molar-refractivity contribution in [3.63, 3.8) is 0 Å². The van der Waals surface area contributed by atoms with E-state index in [9.17, 15) is 9.59 Å². The fourth-order valence-corrected chi connectivity index (χ4v) is 7.70. The molecule has 2 saturated heterocycles. The van der Waals surface area contributed by atoms with E-state index in [0.29, 0.717) is 73.5 Å². The summed E-state index contributed by atoms with van der Waals surface area (Å²) in [7, 11) is 6.10. The molecule has 5 rings (SSSR count). The van der Waals surface area contributed by atoms with Crippen LogP contribution >= 0.6 is 11.6 Å². The van der Waals surface area contributed by atoms with E-state index in [2.05, 4.69) is 10.2 Å².